The van der Waals surface area contributed by atoms with Crippen molar-refractivity contribution >= 4 is 5.97 Å². The highest BCUT2D eigenvalue weighted by atomic mass is 16.5. The molecule has 168 valence electrons. The fourth-order valence-electron chi connectivity index (χ4n) is 3.85. The van der Waals surface area contributed by atoms with E-state index in [4.69, 9.17) is 4.74 Å². The lowest BCUT2D eigenvalue weighted by Crippen LogP contribution is -2.07. The van der Waals surface area contributed by atoms with Crippen molar-refractivity contribution in [2.45, 2.75) is 129 Å². The molecule has 0 amide bonds. The van der Waals surface area contributed by atoms with Gasteiger partial charge in [0.15, 0.2) is 0 Å². The number of hydrogen-bond donors (Lipinski definition) is 0. The Morgan fingerprint density at radius 3 is 2.00 bits per heavy atom. The molecule has 4 heteroatoms. The van der Waals surface area contributed by atoms with E-state index >= 15 is 0 Å². The highest BCUT2D eigenvalue weighted by Crippen LogP contribution is 2.23. The van der Waals surface area contributed by atoms with Crippen molar-refractivity contribution in [3.8, 4) is 0 Å². The minimum atomic E-state index is -0.0133. The first-order valence-corrected chi connectivity index (χ1v) is 12.4. The Hall–Kier alpha value is -1.32. The Morgan fingerprint density at radius 1 is 0.828 bits per heavy atom. The molecule has 0 spiro atoms. The summed E-state index contributed by atoms with van der Waals surface area (Å²) in [5.41, 5.74) is 0. The quantitative estimate of drug-likeness (QED) is 0.165. The molecule has 0 N–H and O–H groups in total. The Morgan fingerprint density at radius 2 is 1.41 bits per heavy atom. The number of aromatic nitrogens is 2. The molecule has 29 heavy (non-hydrogen) atoms. The molecule has 1 atom stereocenters. The topological polar surface area (TPSA) is 44.1 Å². The minimum absolute atomic E-state index is 0.0133. The van der Waals surface area contributed by atoms with Gasteiger partial charge in [0.25, 0.3) is 0 Å². The summed E-state index contributed by atoms with van der Waals surface area (Å²) in [6.45, 7) is 4.98. The van der Waals surface area contributed by atoms with Gasteiger partial charge in [0.05, 0.1) is 12.9 Å². The summed E-state index contributed by atoms with van der Waals surface area (Å²) < 4.78 is 7.51. The number of rotatable bonds is 20. The van der Waals surface area contributed by atoms with Crippen molar-refractivity contribution in [2.75, 3.05) is 6.61 Å². The normalized spacial score (nSPS) is 12.2. The monoisotopic (exact) mass is 406 g/mol. The lowest BCUT2D eigenvalue weighted by Gasteiger charge is -2.18. The van der Waals surface area contributed by atoms with Gasteiger partial charge in [-0.25, -0.2) is 4.98 Å². The van der Waals surface area contributed by atoms with Crippen LogP contribution in [0.5, 0.6) is 0 Å². The molecule has 0 fully saturated rings. The van der Waals surface area contributed by atoms with Crippen LogP contribution in [0.15, 0.2) is 18.7 Å². The molecule has 0 saturated carbocycles. The summed E-state index contributed by atoms with van der Waals surface area (Å²) in [4.78, 5) is 15.8. The fraction of sp³-hybridized carbons (Fsp3) is 0.840. The molecule has 0 aliphatic carbocycles. The SMILES string of the molecule is CCCCCCC(CCCCCCCCCCC(=O)OCCCC)n1ccnc1. The summed E-state index contributed by atoms with van der Waals surface area (Å²) in [6, 6.07) is 0.631. The number of ether oxygens (including phenoxy) is 1. The second kappa shape index (κ2) is 18.7. The predicted molar refractivity (Wildman–Crippen MR) is 122 cm³/mol. The summed E-state index contributed by atoms with van der Waals surface area (Å²) in [7, 11) is 0. The Bertz CT molecular complexity index is 473. The molecule has 1 aromatic rings. The third-order valence-electron chi connectivity index (χ3n) is 5.77. The maximum atomic E-state index is 11.5. The van der Waals surface area contributed by atoms with Crippen LogP contribution in [0.3, 0.4) is 0 Å². The number of esters is 1. The highest BCUT2D eigenvalue weighted by Gasteiger charge is 2.10. The van der Waals surface area contributed by atoms with Crippen LogP contribution in [0.1, 0.15) is 129 Å². The van der Waals surface area contributed by atoms with Crippen molar-refractivity contribution in [3.63, 3.8) is 0 Å². The number of carbonyl (C=O) groups is 1. The van der Waals surface area contributed by atoms with Crippen LogP contribution in [0.4, 0.5) is 0 Å². The van der Waals surface area contributed by atoms with Gasteiger partial charge in [0, 0.05) is 24.9 Å². The zero-order valence-electron chi connectivity index (χ0n) is 19.2. The number of nitrogens with zero attached hydrogens (tertiary/aromatic N) is 2. The van der Waals surface area contributed by atoms with Gasteiger partial charge in [0.1, 0.15) is 0 Å². The van der Waals surface area contributed by atoms with Crippen LogP contribution in [0.25, 0.3) is 0 Å². The van der Waals surface area contributed by atoms with Crippen molar-refractivity contribution in [2.24, 2.45) is 0 Å². The second-order valence-electron chi connectivity index (χ2n) is 8.45. The van der Waals surface area contributed by atoms with E-state index in [2.05, 4.69) is 29.6 Å². The predicted octanol–water partition coefficient (Wildman–Crippen LogP) is 7.64. The molecule has 4 nitrogen and oxygen atoms in total. The summed E-state index contributed by atoms with van der Waals surface area (Å²) in [6.07, 6.45) is 26.6. The largest absolute Gasteiger partial charge is 0.466 e. The van der Waals surface area contributed by atoms with Crippen molar-refractivity contribution in [3.05, 3.63) is 18.7 Å². The molecular formula is C25H46N2O2. The van der Waals surface area contributed by atoms with Gasteiger partial charge in [-0.2, -0.15) is 0 Å². The van der Waals surface area contributed by atoms with Gasteiger partial charge in [0.2, 0.25) is 0 Å². The van der Waals surface area contributed by atoms with Crippen LogP contribution >= 0.6 is 0 Å². The first-order chi connectivity index (χ1) is 14.3. The third kappa shape index (κ3) is 14.3. The number of imidazole rings is 1. The van der Waals surface area contributed by atoms with Gasteiger partial charge in [-0.1, -0.05) is 90.9 Å². The van der Waals surface area contributed by atoms with Crippen molar-refractivity contribution in [1.29, 1.82) is 0 Å². The van der Waals surface area contributed by atoms with Crippen LogP contribution in [-0.4, -0.2) is 22.1 Å². The minimum Gasteiger partial charge on any atom is -0.466 e. The first-order valence-electron chi connectivity index (χ1n) is 12.4. The van der Waals surface area contributed by atoms with Crippen LogP contribution < -0.4 is 0 Å². The lowest BCUT2D eigenvalue weighted by atomic mass is 10.00. The summed E-state index contributed by atoms with van der Waals surface area (Å²) >= 11 is 0. The van der Waals surface area contributed by atoms with Gasteiger partial charge in [-0.3, -0.25) is 4.79 Å². The van der Waals surface area contributed by atoms with Crippen molar-refractivity contribution in [1.82, 2.24) is 9.55 Å². The van der Waals surface area contributed by atoms with E-state index in [-0.39, 0.29) is 5.97 Å². The van der Waals surface area contributed by atoms with E-state index < -0.39 is 0 Å². The van der Waals surface area contributed by atoms with E-state index in [1.54, 1.807) is 0 Å². The molecule has 0 aliphatic heterocycles. The lowest BCUT2D eigenvalue weighted by molar-refractivity contribution is -0.143. The van der Waals surface area contributed by atoms with E-state index in [0.717, 1.165) is 25.7 Å². The standard InChI is InChI=1S/C25H46N2O2/c1-3-5-7-14-17-24(27-21-20-26-23-27)18-15-12-10-8-9-11-13-16-19-25(28)29-22-6-4-2/h20-21,23-24H,3-19,22H2,1-2H3. The Balaban J connectivity index is 1.98. The Kier molecular flexibility index (Phi) is 16.6. The van der Waals surface area contributed by atoms with E-state index in [1.807, 2.05) is 12.5 Å². The molecule has 1 aromatic heterocycles. The summed E-state index contributed by atoms with van der Waals surface area (Å²) in [5.74, 6) is -0.0133. The molecule has 0 radical (unpaired) electrons. The maximum Gasteiger partial charge on any atom is 0.305 e. The highest BCUT2D eigenvalue weighted by molar-refractivity contribution is 5.69. The molecule has 0 bridgehead atoms. The van der Waals surface area contributed by atoms with Crippen LogP contribution in [-0.2, 0) is 9.53 Å². The van der Waals surface area contributed by atoms with E-state index in [0.29, 0.717) is 19.1 Å². The average Bonchev–Trinajstić information content (AvgIpc) is 3.25. The van der Waals surface area contributed by atoms with E-state index in [9.17, 15) is 4.79 Å². The number of unbranched alkanes of at least 4 members (excludes halogenated alkanes) is 11. The zero-order valence-corrected chi connectivity index (χ0v) is 19.2. The third-order valence-corrected chi connectivity index (χ3v) is 5.77. The van der Waals surface area contributed by atoms with Crippen molar-refractivity contribution < 1.29 is 9.53 Å². The molecule has 0 aliphatic rings. The van der Waals surface area contributed by atoms with Crippen LogP contribution in [0, 0.1) is 0 Å². The Labute approximate surface area is 179 Å². The smallest absolute Gasteiger partial charge is 0.305 e. The zero-order chi connectivity index (χ0) is 21.0. The number of carbonyl (C=O) groups excluding carboxylic acids is 1. The molecule has 0 aromatic carbocycles. The average molecular weight is 407 g/mol. The molecule has 0 saturated heterocycles. The molecule has 1 rings (SSSR count). The van der Waals surface area contributed by atoms with Crippen LogP contribution in [0.2, 0.25) is 0 Å². The van der Waals surface area contributed by atoms with Gasteiger partial charge in [-0.05, 0) is 25.7 Å². The molecular weight excluding hydrogens is 360 g/mol. The number of hydrogen-bond acceptors (Lipinski definition) is 3. The van der Waals surface area contributed by atoms with Gasteiger partial charge >= 0.3 is 5.97 Å². The van der Waals surface area contributed by atoms with Gasteiger partial charge < -0.3 is 9.30 Å². The maximum absolute atomic E-state index is 11.5. The second-order valence-corrected chi connectivity index (χ2v) is 8.45. The fourth-order valence-corrected chi connectivity index (χ4v) is 3.85. The first kappa shape index (κ1) is 25.7. The van der Waals surface area contributed by atoms with E-state index in [1.165, 1.54) is 77.0 Å². The van der Waals surface area contributed by atoms with Gasteiger partial charge in [-0.15, -0.1) is 0 Å². The summed E-state index contributed by atoms with van der Waals surface area (Å²) in [5, 5.41) is 0. The molecule has 1 heterocycles. The molecule has 1 unspecified atom stereocenters.